The van der Waals surface area contributed by atoms with Crippen LogP contribution in [-0.4, -0.2) is 16.6 Å². The Bertz CT molecular complexity index is 332. The second-order valence-electron chi connectivity index (χ2n) is 4.05. The number of nitrogens with zero attached hydrogens (tertiary/aromatic N) is 2. The SMILES string of the molecule is CNCc1nc(Br)c2n1CCC(C)C2. The fraction of sp³-hybridized carbons (Fsp3) is 0.700. The zero-order valence-corrected chi connectivity index (χ0v) is 10.3. The number of hydrogen-bond acceptors (Lipinski definition) is 2. The molecule has 1 atom stereocenters. The monoisotopic (exact) mass is 257 g/mol. The van der Waals surface area contributed by atoms with Crippen LogP contribution in [0.5, 0.6) is 0 Å². The molecule has 1 aromatic heterocycles. The predicted molar refractivity (Wildman–Crippen MR) is 60.2 cm³/mol. The zero-order chi connectivity index (χ0) is 10.1. The fourth-order valence-electron chi connectivity index (χ4n) is 2.04. The van der Waals surface area contributed by atoms with Crippen LogP contribution in [0.3, 0.4) is 0 Å². The molecule has 1 aliphatic heterocycles. The molecule has 0 saturated carbocycles. The summed E-state index contributed by atoms with van der Waals surface area (Å²) in [6.45, 7) is 4.28. The van der Waals surface area contributed by atoms with Gasteiger partial charge in [0.1, 0.15) is 10.4 Å². The highest BCUT2D eigenvalue weighted by Crippen LogP contribution is 2.27. The molecular formula is C10H16BrN3. The van der Waals surface area contributed by atoms with Crippen molar-refractivity contribution in [2.75, 3.05) is 7.05 Å². The average Bonchev–Trinajstić information content (AvgIpc) is 2.44. The number of halogens is 1. The number of imidazole rings is 1. The van der Waals surface area contributed by atoms with Crippen molar-refractivity contribution >= 4 is 15.9 Å². The molecule has 2 heterocycles. The van der Waals surface area contributed by atoms with Crippen LogP contribution in [0, 0.1) is 5.92 Å². The maximum atomic E-state index is 4.53. The summed E-state index contributed by atoms with van der Waals surface area (Å²) in [5.41, 5.74) is 1.37. The lowest BCUT2D eigenvalue weighted by Gasteiger charge is -2.22. The van der Waals surface area contributed by atoms with Crippen molar-refractivity contribution in [2.45, 2.75) is 32.9 Å². The molecule has 0 aliphatic carbocycles. The summed E-state index contributed by atoms with van der Waals surface area (Å²) in [6.07, 6.45) is 2.42. The minimum Gasteiger partial charge on any atom is -0.330 e. The minimum absolute atomic E-state index is 0.790. The first-order chi connectivity index (χ1) is 6.72. The number of fused-ring (bicyclic) bond motifs is 1. The lowest BCUT2D eigenvalue weighted by molar-refractivity contribution is 0.406. The quantitative estimate of drug-likeness (QED) is 0.878. The Hall–Kier alpha value is -0.350. The molecule has 0 radical (unpaired) electrons. The number of hydrogen-bond donors (Lipinski definition) is 1. The molecule has 2 rings (SSSR count). The largest absolute Gasteiger partial charge is 0.330 e. The summed E-state index contributed by atoms with van der Waals surface area (Å²) >= 11 is 3.54. The van der Waals surface area contributed by atoms with E-state index < -0.39 is 0 Å². The first-order valence-electron chi connectivity index (χ1n) is 5.10. The molecule has 0 spiro atoms. The van der Waals surface area contributed by atoms with Gasteiger partial charge in [0.2, 0.25) is 0 Å². The van der Waals surface area contributed by atoms with E-state index >= 15 is 0 Å². The van der Waals surface area contributed by atoms with Crippen LogP contribution in [0.4, 0.5) is 0 Å². The fourth-order valence-corrected chi connectivity index (χ4v) is 2.62. The van der Waals surface area contributed by atoms with Gasteiger partial charge < -0.3 is 9.88 Å². The van der Waals surface area contributed by atoms with Crippen molar-refractivity contribution in [1.82, 2.24) is 14.9 Å². The normalized spacial score (nSPS) is 20.9. The van der Waals surface area contributed by atoms with E-state index in [1.807, 2.05) is 7.05 Å². The summed E-state index contributed by atoms with van der Waals surface area (Å²) in [5, 5.41) is 3.15. The molecule has 0 amide bonds. The molecule has 78 valence electrons. The second kappa shape index (κ2) is 4.03. The average molecular weight is 258 g/mol. The smallest absolute Gasteiger partial charge is 0.127 e. The summed E-state index contributed by atoms with van der Waals surface area (Å²) < 4.78 is 3.38. The van der Waals surface area contributed by atoms with Crippen molar-refractivity contribution < 1.29 is 0 Å². The van der Waals surface area contributed by atoms with Gasteiger partial charge in [-0.25, -0.2) is 4.98 Å². The van der Waals surface area contributed by atoms with Crippen molar-refractivity contribution in [1.29, 1.82) is 0 Å². The molecule has 0 fully saturated rings. The van der Waals surface area contributed by atoms with Crippen molar-refractivity contribution in [2.24, 2.45) is 5.92 Å². The third-order valence-corrected chi connectivity index (χ3v) is 3.46. The Labute approximate surface area is 93.0 Å². The minimum atomic E-state index is 0.790. The summed E-state index contributed by atoms with van der Waals surface area (Å²) in [4.78, 5) is 4.53. The van der Waals surface area contributed by atoms with E-state index in [1.54, 1.807) is 0 Å². The maximum absolute atomic E-state index is 4.53. The molecule has 14 heavy (non-hydrogen) atoms. The zero-order valence-electron chi connectivity index (χ0n) is 8.68. The molecule has 1 N–H and O–H groups in total. The Morgan fingerprint density at radius 3 is 3.14 bits per heavy atom. The van der Waals surface area contributed by atoms with Crippen molar-refractivity contribution in [3.8, 4) is 0 Å². The van der Waals surface area contributed by atoms with Gasteiger partial charge in [-0.15, -0.1) is 0 Å². The standard InChI is InChI=1S/C10H16BrN3/c1-7-3-4-14-8(5-7)10(11)13-9(14)6-12-2/h7,12H,3-6H2,1-2H3. The molecule has 0 aromatic carbocycles. The Morgan fingerprint density at radius 1 is 1.64 bits per heavy atom. The van der Waals surface area contributed by atoms with Gasteiger partial charge in [-0.1, -0.05) is 6.92 Å². The van der Waals surface area contributed by atoms with Gasteiger partial charge in [0, 0.05) is 6.54 Å². The van der Waals surface area contributed by atoms with Gasteiger partial charge in [-0.2, -0.15) is 0 Å². The molecule has 4 heteroatoms. The van der Waals surface area contributed by atoms with Gasteiger partial charge in [-0.3, -0.25) is 0 Å². The molecule has 1 unspecified atom stereocenters. The Morgan fingerprint density at radius 2 is 2.43 bits per heavy atom. The van der Waals surface area contributed by atoms with E-state index in [4.69, 9.17) is 0 Å². The number of aromatic nitrogens is 2. The maximum Gasteiger partial charge on any atom is 0.127 e. The molecular weight excluding hydrogens is 242 g/mol. The van der Waals surface area contributed by atoms with E-state index in [9.17, 15) is 0 Å². The Kier molecular flexibility index (Phi) is 2.93. The Balaban J connectivity index is 2.33. The lowest BCUT2D eigenvalue weighted by Crippen LogP contribution is -2.20. The molecule has 0 saturated heterocycles. The van der Waals surface area contributed by atoms with E-state index in [2.05, 4.69) is 37.7 Å². The highest BCUT2D eigenvalue weighted by molar-refractivity contribution is 9.10. The van der Waals surface area contributed by atoms with E-state index in [-0.39, 0.29) is 0 Å². The van der Waals surface area contributed by atoms with Crippen LogP contribution >= 0.6 is 15.9 Å². The predicted octanol–water partition coefficient (Wildman–Crippen LogP) is 1.95. The molecule has 1 aromatic rings. The van der Waals surface area contributed by atoms with Crippen molar-refractivity contribution in [3.63, 3.8) is 0 Å². The molecule has 0 bridgehead atoms. The van der Waals surface area contributed by atoms with Crippen LogP contribution in [0.2, 0.25) is 0 Å². The van der Waals surface area contributed by atoms with Crippen molar-refractivity contribution in [3.05, 3.63) is 16.1 Å². The summed E-state index contributed by atoms with van der Waals surface area (Å²) in [7, 11) is 1.96. The topological polar surface area (TPSA) is 29.9 Å². The van der Waals surface area contributed by atoms with Gasteiger partial charge in [0.05, 0.1) is 12.2 Å². The third kappa shape index (κ3) is 1.73. The lowest BCUT2D eigenvalue weighted by atomic mass is 9.99. The van der Waals surface area contributed by atoms with Gasteiger partial charge >= 0.3 is 0 Å². The second-order valence-corrected chi connectivity index (χ2v) is 4.80. The van der Waals surface area contributed by atoms with Gasteiger partial charge in [-0.05, 0) is 41.7 Å². The number of nitrogens with one attached hydrogen (secondary N) is 1. The van der Waals surface area contributed by atoms with E-state index in [0.29, 0.717) is 0 Å². The van der Waals surface area contributed by atoms with Crippen LogP contribution in [0.15, 0.2) is 4.60 Å². The highest BCUT2D eigenvalue weighted by Gasteiger charge is 2.21. The number of rotatable bonds is 2. The first kappa shape index (κ1) is 10.2. The van der Waals surface area contributed by atoms with Gasteiger partial charge in [0.25, 0.3) is 0 Å². The van der Waals surface area contributed by atoms with Crippen LogP contribution in [0.1, 0.15) is 24.9 Å². The van der Waals surface area contributed by atoms with E-state index in [0.717, 1.165) is 35.9 Å². The summed E-state index contributed by atoms with van der Waals surface area (Å²) in [5.74, 6) is 1.94. The molecule has 1 aliphatic rings. The highest BCUT2D eigenvalue weighted by atomic mass is 79.9. The van der Waals surface area contributed by atoms with Crippen LogP contribution in [-0.2, 0) is 19.5 Å². The molecule has 3 nitrogen and oxygen atoms in total. The van der Waals surface area contributed by atoms with Crippen LogP contribution < -0.4 is 5.32 Å². The third-order valence-electron chi connectivity index (χ3n) is 2.82. The van der Waals surface area contributed by atoms with Gasteiger partial charge in [0.15, 0.2) is 0 Å². The first-order valence-corrected chi connectivity index (χ1v) is 5.90. The van der Waals surface area contributed by atoms with Crippen LogP contribution in [0.25, 0.3) is 0 Å². The van der Waals surface area contributed by atoms with E-state index in [1.165, 1.54) is 12.1 Å². The summed E-state index contributed by atoms with van der Waals surface area (Å²) in [6, 6.07) is 0.